The maximum absolute atomic E-state index is 10.6. The summed E-state index contributed by atoms with van der Waals surface area (Å²) in [5.74, 6) is 0.412. The molecule has 0 aromatic rings. The van der Waals surface area contributed by atoms with Gasteiger partial charge in [-0.2, -0.15) is 0 Å². The number of primary amides is 1. The zero-order chi connectivity index (χ0) is 9.11. The van der Waals surface area contributed by atoms with E-state index in [-0.39, 0.29) is 6.41 Å². The van der Waals surface area contributed by atoms with E-state index in [0.717, 1.165) is 25.7 Å². The summed E-state index contributed by atoms with van der Waals surface area (Å²) in [6, 6.07) is 0. The largest absolute Gasteiger partial charge is 0.372 e. The van der Waals surface area contributed by atoms with Gasteiger partial charge in [-0.3, -0.25) is 9.59 Å². The number of hydrogen-bond acceptors (Lipinski definition) is 2. The first-order valence-electron chi connectivity index (χ1n) is 3.89. The summed E-state index contributed by atoms with van der Waals surface area (Å²) in [4.78, 5) is 19.2. The topological polar surface area (TPSA) is 60.2 Å². The molecule has 0 spiro atoms. The molecular formula is C8H17NO2. The Morgan fingerprint density at radius 2 is 1.55 bits per heavy atom. The first-order valence-corrected chi connectivity index (χ1v) is 3.89. The highest BCUT2D eigenvalue weighted by atomic mass is 16.1. The van der Waals surface area contributed by atoms with Crippen LogP contribution < -0.4 is 5.73 Å². The van der Waals surface area contributed by atoms with Crippen LogP contribution in [-0.4, -0.2) is 12.2 Å². The van der Waals surface area contributed by atoms with Gasteiger partial charge in [-0.25, -0.2) is 0 Å². The minimum Gasteiger partial charge on any atom is -0.372 e. The van der Waals surface area contributed by atoms with Crippen LogP contribution in [0.4, 0.5) is 0 Å². The number of carbonyl (C=O) groups excluding carboxylic acids is 2. The summed E-state index contributed by atoms with van der Waals surface area (Å²) in [5, 5.41) is 0. The van der Waals surface area contributed by atoms with Crippen molar-refractivity contribution in [2.75, 3.05) is 0 Å². The Morgan fingerprint density at radius 1 is 1.27 bits per heavy atom. The lowest BCUT2D eigenvalue weighted by molar-refractivity contribution is -0.119. The zero-order valence-electron chi connectivity index (χ0n) is 7.30. The lowest BCUT2D eigenvalue weighted by atomic mass is 10.1. The fourth-order valence-electron chi connectivity index (χ4n) is 0.683. The van der Waals surface area contributed by atoms with E-state index in [9.17, 15) is 4.79 Å². The molecule has 66 valence electrons. The molecule has 0 rings (SSSR count). The molecule has 0 aromatic carbocycles. The average molecular weight is 159 g/mol. The maximum Gasteiger partial charge on any atom is 0.204 e. The van der Waals surface area contributed by atoms with Gasteiger partial charge in [0.2, 0.25) is 6.41 Å². The predicted molar refractivity (Wildman–Crippen MR) is 45.1 cm³/mol. The fourth-order valence-corrected chi connectivity index (χ4v) is 0.683. The molecule has 1 amide bonds. The standard InChI is InChI=1S/C7H14O.CH3NO/c1-3-5-7(8)6-4-2;2-1-3/h3-6H2,1-2H3;1H,(H2,2,3). The van der Waals surface area contributed by atoms with Crippen LogP contribution in [-0.2, 0) is 9.59 Å². The number of carbonyl (C=O) groups is 2. The summed E-state index contributed by atoms with van der Waals surface area (Å²) in [6.07, 6.45) is 3.79. The van der Waals surface area contributed by atoms with E-state index >= 15 is 0 Å². The average Bonchev–Trinajstić information content (AvgIpc) is 1.90. The minimum absolute atomic E-state index is 0.250. The molecule has 11 heavy (non-hydrogen) atoms. The Hall–Kier alpha value is -0.860. The highest BCUT2D eigenvalue weighted by molar-refractivity contribution is 5.78. The molecular weight excluding hydrogens is 142 g/mol. The molecule has 0 unspecified atom stereocenters. The second-order valence-corrected chi connectivity index (χ2v) is 2.17. The normalized spacial score (nSPS) is 7.82. The monoisotopic (exact) mass is 159 g/mol. The van der Waals surface area contributed by atoms with Crippen molar-refractivity contribution < 1.29 is 9.59 Å². The van der Waals surface area contributed by atoms with Crippen molar-refractivity contribution in [2.45, 2.75) is 39.5 Å². The number of rotatable bonds is 4. The van der Waals surface area contributed by atoms with E-state index in [2.05, 4.69) is 5.73 Å². The molecule has 0 fully saturated rings. The molecule has 0 saturated heterocycles. The summed E-state index contributed by atoms with van der Waals surface area (Å²) >= 11 is 0. The van der Waals surface area contributed by atoms with Gasteiger partial charge in [0, 0.05) is 12.8 Å². The van der Waals surface area contributed by atoms with E-state index in [1.165, 1.54) is 0 Å². The molecule has 0 radical (unpaired) electrons. The van der Waals surface area contributed by atoms with E-state index in [4.69, 9.17) is 4.79 Å². The van der Waals surface area contributed by atoms with E-state index in [1.807, 2.05) is 13.8 Å². The maximum atomic E-state index is 10.6. The molecule has 0 heterocycles. The first-order chi connectivity index (χ1) is 5.22. The highest BCUT2D eigenvalue weighted by Gasteiger charge is 1.94. The Morgan fingerprint density at radius 3 is 1.73 bits per heavy atom. The van der Waals surface area contributed by atoms with Gasteiger partial charge in [0.25, 0.3) is 0 Å². The number of Topliss-reactive ketones (excluding diaryl/α,β-unsaturated/α-hetero) is 1. The van der Waals surface area contributed by atoms with Crippen LogP contribution in [0.5, 0.6) is 0 Å². The third-order valence-electron chi connectivity index (χ3n) is 1.06. The van der Waals surface area contributed by atoms with Gasteiger partial charge in [-0.15, -0.1) is 0 Å². The van der Waals surface area contributed by atoms with Gasteiger partial charge in [-0.1, -0.05) is 13.8 Å². The van der Waals surface area contributed by atoms with E-state index < -0.39 is 0 Å². The summed E-state index contributed by atoms with van der Waals surface area (Å²) < 4.78 is 0. The number of hydrogen-bond donors (Lipinski definition) is 1. The van der Waals surface area contributed by atoms with Gasteiger partial charge < -0.3 is 5.73 Å². The lowest BCUT2D eigenvalue weighted by Crippen LogP contribution is -1.93. The molecule has 0 saturated carbocycles. The minimum atomic E-state index is 0.250. The molecule has 0 aliphatic rings. The Kier molecular flexibility index (Phi) is 13.8. The first kappa shape index (κ1) is 12.8. The second kappa shape index (κ2) is 11.9. The van der Waals surface area contributed by atoms with Crippen molar-refractivity contribution in [3.05, 3.63) is 0 Å². The van der Waals surface area contributed by atoms with Crippen molar-refractivity contribution in [3.63, 3.8) is 0 Å². The third-order valence-corrected chi connectivity index (χ3v) is 1.06. The molecule has 3 nitrogen and oxygen atoms in total. The van der Waals surface area contributed by atoms with E-state index in [0.29, 0.717) is 5.78 Å². The SMILES string of the molecule is CCCC(=O)CCC.NC=O. The van der Waals surface area contributed by atoms with Gasteiger partial charge in [0.1, 0.15) is 5.78 Å². The van der Waals surface area contributed by atoms with Gasteiger partial charge >= 0.3 is 0 Å². The van der Waals surface area contributed by atoms with Crippen molar-refractivity contribution in [2.24, 2.45) is 5.73 Å². The zero-order valence-corrected chi connectivity index (χ0v) is 7.30. The van der Waals surface area contributed by atoms with Crippen molar-refractivity contribution in [1.29, 1.82) is 0 Å². The van der Waals surface area contributed by atoms with Crippen molar-refractivity contribution in [1.82, 2.24) is 0 Å². The molecule has 0 aliphatic carbocycles. The Labute approximate surface area is 68.0 Å². The number of ketones is 1. The highest BCUT2D eigenvalue weighted by Crippen LogP contribution is 1.95. The molecule has 0 aliphatic heterocycles. The molecule has 3 heteroatoms. The molecule has 0 aromatic heterocycles. The molecule has 2 N–H and O–H groups in total. The number of nitrogens with two attached hydrogens (primary N) is 1. The van der Waals surface area contributed by atoms with Crippen LogP contribution in [0, 0.1) is 0 Å². The molecule has 0 atom stereocenters. The van der Waals surface area contributed by atoms with Crippen molar-refractivity contribution >= 4 is 12.2 Å². The van der Waals surface area contributed by atoms with Crippen LogP contribution in [0.2, 0.25) is 0 Å². The summed E-state index contributed by atoms with van der Waals surface area (Å²) in [7, 11) is 0. The predicted octanol–water partition coefficient (Wildman–Crippen LogP) is 1.26. The van der Waals surface area contributed by atoms with Crippen LogP contribution >= 0.6 is 0 Å². The lowest BCUT2D eigenvalue weighted by Gasteiger charge is -1.91. The van der Waals surface area contributed by atoms with Gasteiger partial charge in [0.05, 0.1) is 0 Å². The third kappa shape index (κ3) is 17.6. The van der Waals surface area contributed by atoms with Gasteiger partial charge in [0.15, 0.2) is 0 Å². The molecule has 0 bridgehead atoms. The van der Waals surface area contributed by atoms with Crippen LogP contribution in [0.25, 0.3) is 0 Å². The quantitative estimate of drug-likeness (QED) is 0.628. The van der Waals surface area contributed by atoms with Crippen molar-refractivity contribution in [3.8, 4) is 0 Å². The number of amides is 1. The second-order valence-electron chi connectivity index (χ2n) is 2.17. The fraction of sp³-hybridized carbons (Fsp3) is 0.750. The summed E-state index contributed by atoms with van der Waals surface area (Å²) in [5.41, 5.74) is 4.17. The van der Waals surface area contributed by atoms with Crippen LogP contribution in [0.1, 0.15) is 39.5 Å². The van der Waals surface area contributed by atoms with Gasteiger partial charge in [-0.05, 0) is 12.8 Å². The Bertz CT molecular complexity index is 94.3. The smallest absolute Gasteiger partial charge is 0.204 e. The Balaban J connectivity index is 0. The van der Waals surface area contributed by atoms with Crippen LogP contribution in [0.3, 0.4) is 0 Å². The van der Waals surface area contributed by atoms with Crippen LogP contribution in [0.15, 0.2) is 0 Å². The van der Waals surface area contributed by atoms with E-state index in [1.54, 1.807) is 0 Å². The summed E-state index contributed by atoms with van der Waals surface area (Å²) in [6.45, 7) is 4.07.